The topological polar surface area (TPSA) is 80.8 Å². The van der Waals surface area contributed by atoms with Crippen LogP contribution in [0.3, 0.4) is 0 Å². The number of nitrogens with zero attached hydrogens (tertiary/aromatic N) is 6. The first-order valence-corrected chi connectivity index (χ1v) is 7.98. The zero-order valence-corrected chi connectivity index (χ0v) is 13.4. The van der Waals surface area contributed by atoms with Crippen LogP contribution in [0.4, 0.5) is 5.95 Å². The van der Waals surface area contributed by atoms with Gasteiger partial charge in [0.25, 0.3) is 0 Å². The molecule has 1 saturated heterocycles. The molecule has 0 aromatic carbocycles. The Hall–Kier alpha value is -2.05. The fourth-order valence-corrected chi connectivity index (χ4v) is 2.87. The summed E-state index contributed by atoms with van der Waals surface area (Å²) in [4.78, 5) is 11.2. The normalized spacial score (nSPS) is 16.2. The van der Waals surface area contributed by atoms with Gasteiger partial charge in [0.15, 0.2) is 5.82 Å². The third-order valence-corrected chi connectivity index (χ3v) is 4.17. The first kappa shape index (κ1) is 14.9. The molecular weight excluding hydrogens is 280 g/mol. The van der Waals surface area contributed by atoms with Crippen LogP contribution < -0.4 is 4.90 Å². The fourth-order valence-electron chi connectivity index (χ4n) is 2.87. The van der Waals surface area contributed by atoms with E-state index in [1.807, 2.05) is 6.92 Å². The predicted molar refractivity (Wildman–Crippen MR) is 81.8 cm³/mol. The highest BCUT2D eigenvalue weighted by Gasteiger charge is 2.26. The summed E-state index contributed by atoms with van der Waals surface area (Å²) >= 11 is 0. The minimum atomic E-state index is 0.339. The molecule has 7 heteroatoms. The first-order chi connectivity index (χ1) is 10.7. The molecule has 1 aliphatic rings. The second kappa shape index (κ2) is 6.37. The molecule has 2 aromatic heterocycles. The molecule has 0 saturated carbocycles. The largest absolute Gasteiger partial charge is 0.339 e. The van der Waals surface area contributed by atoms with Crippen molar-refractivity contribution >= 4 is 5.95 Å². The highest BCUT2D eigenvalue weighted by molar-refractivity contribution is 5.31. The lowest BCUT2D eigenvalue weighted by Crippen LogP contribution is -2.34. The summed E-state index contributed by atoms with van der Waals surface area (Å²) in [6.07, 6.45) is 3.72. The van der Waals surface area contributed by atoms with Crippen LogP contribution in [0.2, 0.25) is 0 Å². The van der Waals surface area contributed by atoms with Crippen molar-refractivity contribution in [3.8, 4) is 0 Å². The Balaban J connectivity index is 1.68. The van der Waals surface area contributed by atoms with E-state index >= 15 is 0 Å². The van der Waals surface area contributed by atoms with E-state index in [-0.39, 0.29) is 0 Å². The molecule has 7 nitrogen and oxygen atoms in total. The molecule has 0 aliphatic carbocycles. The number of anilines is 1. The van der Waals surface area contributed by atoms with Crippen molar-refractivity contribution in [3.05, 3.63) is 23.1 Å². The minimum absolute atomic E-state index is 0.339. The average Bonchev–Trinajstić information content (AvgIpc) is 3.01. The van der Waals surface area contributed by atoms with Gasteiger partial charge in [-0.25, -0.2) is 4.98 Å². The number of aryl methyl sites for hydroxylation is 3. The van der Waals surface area contributed by atoms with Crippen LogP contribution in [0.1, 0.15) is 55.7 Å². The van der Waals surface area contributed by atoms with Crippen molar-refractivity contribution in [3.63, 3.8) is 0 Å². The number of hydrogen-bond donors (Lipinski definition) is 0. The van der Waals surface area contributed by atoms with Crippen molar-refractivity contribution in [2.45, 2.75) is 52.4 Å². The Kier molecular flexibility index (Phi) is 4.31. The molecule has 0 radical (unpaired) electrons. The van der Waals surface area contributed by atoms with Gasteiger partial charge in [-0.2, -0.15) is 10.1 Å². The minimum Gasteiger partial charge on any atom is -0.339 e. The van der Waals surface area contributed by atoms with Crippen molar-refractivity contribution in [2.75, 3.05) is 18.0 Å². The Morgan fingerprint density at radius 1 is 1.05 bits per heavy atom. The van der Waals surface area contributed by atoms with Crippen molar-refractivity contribution in [1.29, 1.82) is 0 Å². The van der Waals surface area contributed by atoms with E-state index < -0.39 is 0 Å². The lowest BCUT2D eigenvalue weighted by Gasteiger charge is -2.30. The highest BCUT2D eigenvalue weighted by Crippen LogP contribution is 2.28. The van der Waals surface area contributed by atoms with Gasteiger partial charge < -0.3 is 9.42 Å². The van der Waals surface area contributed by atoms with Crippen LogP contribution in [0.15, 0.2) is 4.52 Å². The molecule has 0 atom stereocenters. The summed E-state index contributed by atoms with van der Waals surface area (Å²) in [6.45, 7) is 7.83. The summed E-state index contributed by atoms with van der Waals surface area (Å²) in [5.41, 5.74) is 2.06. The quantitative estimate of drug-likeness (QED) is 0.855. The third kappa shape index (κ3) is 2.93. The molecule has 0 spiro atoms. The monoisotopic (exact) mass is 302 g/mol. The van der Waals surface area contributed by atoms with E-state index in [0.29, 0.717) is 11.7 Å². The maximum Gasteiger partial charge on any atom is 0.245 e. The standard InChI is InChI=1S/C15H22N6O/c1-4-12-13(5-2)18-19-15(17-12)21-8-6-11(7-9-21)14-16-10(3)20-22-14/h11H,4-9H2,1-3H3. The summed E-state index contributed by atoms with van der Waals surface area (Å²) in [6, 6.07) is 0. The SMILES string of the molecule is CCc1nnc(N2CCC(c3nc(C)no3)CC2)nc1CC. The van der Waals surface area contributed by atoms with E-state index in [4.69, 9.17) is 4.52 Å². The maximum absolute atomic E-state index is 5.29. The smallest absolute Gasteiger partial charge is 0.245 e. The van der Waals surface area contributed by atoms with Gasteiger partial charge in [0, 0.05) is 19.0 Å². The van der Waals surface area contributed by atoms with Gasteiger partial charge in [-0.1, -0.05) is 19.0 Å². The van der Waals surface area contributed by atoms with Crippen LogP contribution in [0, 0.1) is 6.92 Å². The molecule has 1 fully saturated rings. The zero-order valence-electron chi connectivity index (χ0n) is 13.4. The Labute approximate surface area is 130 Å². The summed E-state index contributed by atoms with van der Waals surface area (Å²) < 4.78 is 5.29. The van der Waals surface area contributed by atoms with Crippen molar-refractivity contribution in [1.82, 2.24) is 25.3 Å². The van der Waals surface area contributed by atoms with Crippen LogP contribution in [0.5, 0.6) is 0 Å². The molecule has 3 rings (SSSR count). The van der Waals surface area contributed by atoms with Gasteiger partial charge in [0.05, 0.1) is 11.4 Å². The van der Waals surface area contributed by atoms with Gasteiger partial charge in [0.2, 0.25) is 11.8 Å². The maximum atomic E-state index is 5.29. The van der Waals surface area contributed by atoms with E-state index in [0.717, 1.165) is 62.0 Å². The van der Waals surface area contributed by atoms with Crippen molar-refractivity contribution < 1.29 is 4.52 Å². The number of rotatable bonds is 4. The fraction of sp³-hybridized carbons (Fsp3) is 0.667. The van der Waals surface area contributed by atoms with Gasteiger partial charge in [-0.05, 0) is 32.6 Å². The molecule has 0 amide bonds. The third-order valence-electron chi connectivity index (χ3n) is 4.17. The summed E-state index contributed by atoms with van der Waals surface area (Å²) in [5, 5.41) is 12.5. The van der Waals surface area contributed by atoms with Crippen molar-refractivity contribution in [2.24, 2.45) is 0 Å². The van der Waals surface area contributed by atoms with Crippen LogP contribution >= 0.6 is 0 Å². The molecule has 22 heavy (non-hydrogen) atoms. The summed E-state index contributed by atoms with van der Waals surface area (Å²) in [5.74, 6) is 2.54. The van der Waals surface area contributed by atoms with Crippen LogP contribution in [-0.4, -0.2) is 38.4 Å². The second-order valence-electron chi connectivity index (χ2n) is 5.65. The number of piperidine rings is 1. The Bertz CT molecular complexity index is 633. The molecule has 0 N–H and O–H groups in total. The molecule has 0 bridgehead atoms. The highest BCUT2D eigenvalue weighted by atomic mass is 16.5. The summed E-state index contributed by atoms with van der Waals surface area (Å²) in [7, 11) is 0. The number of aromatic nitrogens is 5. The Morgan fingerprint density at radius 2 is 1.77 bits per heavy atom. The number of hydrogen-bond acceptors (Lipinski definition) is 7. The molecule has 1 aliphatic heterocycles. The van der Waals surface area contributed by atoms with E-state index in [1.54, 1.807) is 0 Å². The molecule has 2 aromatic rings. The van der Waals surface area contributed by atoms with E-state index in [9.17, 15) is 0 Å². The molecular formula is C15H22N6O. The molecule has 0 unspecified atom stereocenters. The van der Waals surface area contributed by atoms with Gasteiger partial charge in [-0.15, -0.1) is 5.10 Å². The predicted octanol–water partition coefficient (Wildman–Crippen LogP) is 2.07. The van der Waals surface area contributed by atoms with E-state index in [1.165, 1.54) is 0 Å². The zero-order chi connectivity index (χ0) is 15.5. The lowest BCUT2D eigenvalue weighted by molar-refractivity contribution is 0.326. The lowest BCUT2D eigenvalue weighted by atomic mass is 9.97. The van der Waals surface area contributed by atoms with Gasteiger partial charge >= 0.3 is 0 Å². The van der Waals surface area contributed by atoms with Gasteiger partial charge in [0.1, 0.15) is 0 Å². The Morgan fingerprint density at radius 3 is 2.36 bits per heavy atom. The first-order valence-electron chi connectivity index (χ1n) is 7.98. The second-order valence-corrected chi connectivity index (χ2v) is 5.65. The molecule has 3 heterocycles. The van der Waals surface area contributed by atoms with Crippen LogP contribution in [-0.2, 0) is 12.8 Å². The van der Waals surface area contributed by atoms with E-state index in [2.05, 4.69) is 44.1 Å². The van der Waals surface area contributed by atoms with Crippen LogP contribution in [0.25, 0.3) is 0 Å². The average molecular weight is 302 g/mol. The molecule has 118 valence electrons. The van der Waals surface area contributed by atoms with Gasteiger partial charge in [-0.3, -0.25) is 0 Å².